The smallest absolute Gasteiger partial charge is 0.272 e. The highest BCUT2D eigenvalue weighted by atomic mass is 35.5. The third kappa shape index (κ3) is 3.37. The van der Waals surface area contributed by atoms with Crippen LogP contribution in [0.5, 0.6) is 0 Å². The first-order valence-electron chi connectivity index (χ1n) is 8.93. The van der Waals surface area contributed by atoms with Crippen molar-refractivity contribution in [2.24, 2.45) is 0 Å². The molecule has 1 aromatic heterocycles. The second kappa shape index (κ2) is 7.34. The van der Waals surface area contributed by atoms with Crippen LogP contribution >= 0.6 is 11.6 Å². The lowest BCUT2D eigenvalue weighted by Gasteiger charge is -2.26. The average molecular weight is 366 g/mol. The van der Waals surface area contributed by atoms with Gasteiger partial charge in [-0.3, -0.25) is 4.79 Å². The minimum atomic E-state index is 0.0364. The predicted octanol–water partition coefficient (Wildman–Crippen LogP) is 4.82. The molecule has 4 rings (SSSR count). The van der Waals surface area contributed by atoms with E-state index in [1.807, 2.05) is 65.6 Å². The molecule has 1 aliphatic rings. The summed E-state index contributed by atoms with van der Waals surface area (Å²) in [4.78, 5) is 15.1. The van der Waals surface area contributed by atoms with Crippen LogP contribution in [0.1, 0.15) is 29.8 Å². The lowest BCUT2D eigenvalue weighted by Crippen LogP contribution is -2.36. The van der Waals surface area contributed by atoms with Crippen LogP contribution < -0.4 is 0 Å². The summed E-state index contributed by atoms with van der Waals surface area (Å²) in [6.07, 6.45) is 3.31. The Morgan fingerprint density at radius 1 is 0.923 bits per heavy atom. The van der Waals surface area contributed by atoms with Gasteiger partial charge in [-0.25, -0.2) is 4.68 Å². The molecule has 1 saturated heterocycles. The van der Waals surface area contributed by atoms with E-state index in [-0.39, 0.29) is 5.91 Å². The van der Waals surface area contributed by atoms with E-state index in [0.717, 1.165) is 42.9 Å². The fourth-order valence-electron chi connectivity index (χ4n) is 3.32. The highest BCUT2D eigenvalue weighted by molar-refractivity contribution is 6.30. The van der Waals surface area contributed by atoms with Gasteiger partial charge in [0.05, 0.1) is 11.4 Å². The fourth-order valence-corrected chi connectivity index (χ4v) is 3.45. The standard InChI is InChI=1S/C21H20ClN3O/c22-17-9-11-18(12-10-17)25-20(21(26)24-13-5-2-6-14-24)15-19(23-25)16-7-3-1-4-8-16/h1,3-4,7-12,15H,2,5-6,13-14H2. The summed E-state index contributed by atoms with van der Waals surface area (Å²) in [5.41, 5.74) is 3.21. The van der Waals surface area contributed by atoms with Crippen molar-refractivity contribution in [3.8, 4) is 16.9 Å². The van der Waals surface area contributed by atoms with Crippen LogP contribution in [0.2, 0.25) is 5.02 Å². The minimum absolute atomic E-state index is 0.0364. The van der Waals surface area contributed by atoms with Crippen LogP contribution in [-0.4, -0.2) is 33.7 Å². The first kappa shape index (κ1) is 16.9. The Kier molecular flexibility index (Phi) is 4.76. The van der Waals surface area contributed by atoms with Gasteiger partial charge in [-0.1, -0.05) is 41.9 Å². The van der Waals surface area contributed by atoms with Crippen molar-refractivity contribution in [3.63, 3.8) is 0 Å². The van der Waals surface area contributed by atoms with E-state index in [9.17, 15) is 4.79 Å². The normalized spacial score (nSPS) is 14.4. The van der Waals surface area contributed by atoms with Gasteiger partial charge in [0.1, 0.15) is 5.69 Å². The maximum atomic E-state index is 13.1. The predicted molar refractivity (Wildman–Crippen MR) is 104 cm³/mol. The molecule has 132 valence electrons. The van der Waals surface area contributed by atoms with Gasteiger partial charge >= 0.3 is 0 Å². The third-order valence-electron chi connectivity index (χ3n) is 4.71. The monoisotopic (exact) mass is 365 g/mol. The number of carbonyl (C=O) groups excluding carboxylic acids is 1. The van der Waals surface area contributed by atoms with E-state index in [2.05, 4.69) is 0 Å². The minimum Gasteiger partial charge on any atom is -0.337 e. The summed E-state index contributed by atoms with van der Waals surface area (Å²) in [5.74, 6) is 0.0364. The number of likely N-dealkylation sites (tertiary alicyclic amines) is 1. The van der Waals surface area contributed by atoms with Crippen molar-refractivity contribution in [1.29, 1.82) is 0 Å². The van der Waals surface area contributed by atoms with Crippen molar-refractivity contribution >= 4 is 17.5 Å². The molecule has 0 radical (unpaired) electrons. The fraction of sp³-hybridized carbons (Fsp3) is 0.238. The molecular formula is C21H20ClN3O. The van der Waals surface area contributed by atoms with E-state index < -0.39 is 0 Å². The molecular weight excluding hydrogens is 346 g/mol. The highest BCUT2D eigenvalue weighted by Gasteiger charge is 2.24. The molecule has 26 heavy (non-hydrogen) atoms. The molecule has 2 heterocycles. The van der Waals surface area contributed by atoms with Crippen molar-refractivity contribution in [3.05, 3.63) is 71.4 Å². The Hall–Kier alpha value is -2.59. The molecule has 2 aromatic carbocycles. The molecule has 0 aliphatic carbocycles. The summed E-state index contributed by atoms with van der Waals surface area (Å²) in [6.45, 7) is 1.62. The SMILES string of the molecule is O=C(c1cc(-c2ccccc2)nn1-c1ccc(Cl)cc1)N1CCCCC1. The Bertz CT molecular complexity index is 897. The first-order valence-corrected chi connectivity index (χ1v) is 9.31. The molecule has 0 saturated carbocycles. The van der Waals surface area contributed by atoms with Crippen molar-refractivity contribution in [2.75, 3.05) is 13.1 Å². The molecule has 0 atom stereocenters. The second-order valence-electron chi connectivity index (χ2n) is 6.52. The third-order valence-corrected chi connectivity index (χ3v) is 4.96. The van der Waals surface area contributed by atoms with Crippen LogP contribution in [0.3, 0.4) is 0 Å². The molecule has 0 N–H and O–H groups in total. The van der Waals surface area contributed by atoms with Crippen LogP contribution in [-0.2, 0) is 0 Å². The molecule has 1 aliphatic heterocycles. The van der Waals surface area contributed by atoms with Crippen LogP contribution in [0.15, 0.2) is 60.7 Å². The van der Waals surface area contributed by atoms with Crippen LogP contribution in [0, 0.1) is 0 Å². The summed E-state index contributed by atoms with van der Waals surface area (Å²) >= 11 is 6.02. The number of amides is 1. The zero-order chi connectivity index (χ0) is 17.9. The Morgan fingerprint density at radius 3 is 2.31 bits per heavy atom. The number of hydrogen-bond donors (Lipinski definition) is 0. The summed E-state index contributed by atoms with van der Waals surface area (Å²) in [6, 6.07) is 19.2. The van der Waals surface area contributed by atoms with Gasteiger partial charge < -0.3 is 4.90 Å². The molecule has 0 spiro atoms. The van der Waals surface area contributed by atoms with E-state index in [4.69, 9.17) is 16.7 Å². The van der Waals surface area contributed by atoms with E-state index in [1.165, 1.54) is 6.42 Å². The van der Waals surface area contributed by atoms with Crippen molar-refractivity contribution in [1.82, 2.24) is 14.7 Å². The van der Waals surface area contributed by atoms with Crippen molar-refractivity contribution in [2.45, 2.75) is 19.3 Å². The Labute approximate surface area is 158 Å². The summed E-state index contributed by atoms with van der Waals surface area (Å²) < 4.78 is 1.73. The van der Waals surface area contributed by atoms with Gasteiger partial charge in [-0.05, 0) is 49.6 Å². The van der Waals surface area contributed by atoms with Crippen LogP contribution in [0.25, 0.3) is 16.9 Å². The number of carbonyl (C=O) groups is 1. The van der Waals surface area contributed by atoms with E-state index in [0.29, 0.717) is 10.7 Å². The number of nitrogens with zero attached hydrogens (tertiary/aromatic N) is 3. The zero-order valence-corrected chi connectivity index (χ0v) is 15.2. The van der Waals surface area contributed by atoms with Gasteiger partial charge in [0.25, 0.3) is 5.91 Å². The molecule has 1 amide bonds. The van der Waals surface area contributed by atoms with Gasteiger partial charge in [0.2, 0.25) is 0 Å². The number of halogens is 1. The number of hydrogen-bond acceptors (Lipinski definition) is 2. The van der Waals surface area contributed by atoms with Crippen LogP contribution in [0.4, 0.5) is 0 Å². The lowest BCUT2D eigenvalue weighted by molar-refractivity contribution is 0.0715. The topological polar surface area (TPSA) is 38.1 Å². The maximum Gasteiger partial charge on any atom is 0.272 e. The molecule has 1 fully saturated rings. The lowest BCUT2D eigenvalue weighted by atomic mass is 10.1. The van der Waals surface area contributed by atoms with Gasteiger partial charge in [-0.2, -0.15) is 5.10 Å². The van der Waals surface area contributed by atoms with E-state index in [1.54, 1.807) is 4.68 Å². The first-order chi connectivity index (χ1) is 12.7. The zero-order valence-electron chi connectivity index (χ0n) is 14.4. The summed E-state index contributed by atoms with van der Waals surface area (Å²) in [7, 11) is 0. The number of piperidine rings is 1. The molecule has 0 bridgehead atoms. The molecule has 4 nitrogen and oxygen atoms in total. The van der Waals surface area contributed by atoms with Crippen molar-refractivity contribution < 1.29 is 4.79 Å². The quantitative estimate of drug-likeness (QED) is 0.667. The Balaban J connectivity index is 1.78. The Morgan fingerprint density at radius 2 is 1.62 bits per heavy atom. The number of benzene rings is 2. The van der Waals surface area contributed by atoms with Gasteiger partial charge in [0.15, 0.2) is 0 Å². The maximum absolute atomic E-state index is 13.1. The van der Waals surface area contributed by atoms with Gasteiger partial charge in [-0.15, -0.1) is 0 Å². The molecule has 0 unspecified atom stereocenters. The molecule has 5 heteroatoms. The number of rotatable bonds is 3. The molecule has 3 aromatic rings. The van der Waals surface area contributed by atoms with E-state index >= 15 is 0 Å². The average Bonchev–Trinajstić information content (AvgIpc) is 3.15. The highest BCUT2D eigenvalue weighted by Crippen LogP contribution is 2.24. The largest absolute Gasteiger partial charge is 0.337 e. The number of aromatic nitrogens is 2. The summed E-state index contributed by atoms with van der Waals surface area (Å²) in [5, 5.41) is 5.38. The second-order valence-corrected chi connectivity index (χ2v) is 6.96. The van der Waals surface area contributed by atoms with Gasteiger partial charge in [0, 0.05) is 23.7 Å².